The molecule has 0 saturated heterocycles. The van der Waals surface area contributed by atoms with Crippen LogP contribution in [0.3, 0.4) is 0 Å². The van der Waals surface area contributed by atoms with E-state index in [1.54, 1.807) is 6.26 Å². The lowest BCUT2D eigenvalue weighted by Gasteiger charge is -2.19. The summed E-state index contributed by atoms with van der Waals surface area (Å²) in [5, 5.41) is 0. The van der Waals surface area contributed by atoms with E-state index in [9.17, 15) is 14.3 Å². The predicted octanol–water partition coefficient (Wildman–Crippen LogP) is 12.0. The van der Waals surface area contributed by atoms with Crippen LogP contribution in [-0.2, 0) is 27.9 Å². The highest BCUT2D eigenvalue weighted by atomic mass is 31.2. The zero-order chi connectivity index (χ0) is 36.6. The summed E-state index contributed by atoms with van der Waals surface area (Å²) in [6.07, 6.45) is 45.1. The van der Waals surface area contributed by atoms with E-state index in [0.29, 0.717) is 6.42 Å². The number of rotatable bonds is 38. The maximum absolute atomic E-state index is 12.5. The number of carbonyl (C=O) groups is 1. The molecule has 0 aliphatic carbocycles. The van der Waals surface area contributed by atoms with Crippen LogP contribution in [0.15, 0.2) is 48.8 Å². The van der Waals surface area contributed by atoms with Gasteiger partial charge in [-0.2, -0.15) is 0 Å². The molecule has 2 atom stereocenters. The predicted molar refractivity (Wildman–Crippen MR) is 210 cm³/mol. The van der Waals surface area contributed by atoms with Crippen LogP contribution < -0.4 is 5.73 Å². The number of hydrogen-bond donors (Lipinski definition) is 2. The minimum absolute atomic E-state index is 0.0120. The van der Waals surface area contributed by atoms with Crippen molar-refractivity contribution in [2.45, 2.75) is 180 Å². The summed E-state index contributed by atoms with van der Waals surface area (Å²) in [6.45, 7) is 4.17. The molecule has 292 valence electrons. The topological polar surface area (TPSA) is 117 Å². The number of hydrogen-bond acceptors (Lipinski definition) is 7. The molecule has 0 aromatic rings. The zero-order valence-electron chi connectivity index (χ0n) is 32.1. The van der Waals surface area contributed by atoms with Crippen molar-refractivity contribution in [3.05, 3.63) is 48.8 Å². The molecule has 3 N–H and O–H groups in total. The number of carbonyl (C=O) groups excluding carboxylic acids is 1. The molecule has 0 bridgehead atoms. The monoisotopic (exact) mass is 726 g/mol. The van der Waals surface area contributed by atoms with Gasteiger partial charge in [-0.05, 0) is 57.4 Å². The summed E-state index contributed by atoms with van der Waals surface area (Å²) < 4.78 is 33.0. The molecular formula is C41H76NO7P. The highest BCUT2D eigenvalue weighted by Crippen LogP contribution is 2.43. The number of nitrogens with two attached hydrogens (primary N) is 1. The number of allylic oxidation sites excluding steroid dienone is 7. The third kappa shape index (κ3) is 37.6. The Balaban J connectivity index is 4.22. The lowest BCUT2D eigenvalue weighted by atomic mass is 10.0. The Hall–Kier alpha value is -1.70. The largest absolute Gasteiger partial charge is 0.498 e. The van der Waals surface area contributed by atoms with Crippen LogP contribution in [0.2, 0.25) is 0 Å². The van der Waals surface area contributed by atoms with Gasteiger partial charge in [0.2, 0.25) is 0 Å². The Morgan fingerprint density at radius 2 is 1.08 bits per heavy atom. The normalized spacial score (nSPS) is 14.0. The van der Waals surface area contributed by atoms with E-state index in [4.69, 9.17) is 24.3 Å². The Labute approximate surface area is 307 Å². The molecule has 0 aromatic carbocycles. The van der Waals surface area contributed by atoms with Gasteiger partial charge in [-0.1, -0.05) is 153 Å². The minimum atomic E-state index is -4.30. The van der Waals surface area contributed by atoms with Crippen LogP contribution in [0.1, 0.15) is 174 Å². The standard InChI is InChI=1S/C41H76NO7P/c1-3-5-7-9-11-13-15-17-19-20-21-22-24-26-28-30-32-34-41(43)49-40(39-48-50(44,45)47-37-35-42)38-46-36-33-31-29-27-25-23-18-16-14-12-10-8-6-4-2/h17,19,21-22,26,28,33,36,40H,3-16,18,20,23-25,27,29-32,34-35,37-39,42H2,1-2H3,(H,44,45)/b19-17+,22-21+,28-26+,36-33+/t40-/m1/s1. The van der Waals surface area contributed by atoms with E-state index in [0.717, 1.165) is 32.1 Å². The van der Waals surface area contributed by atoms with E-state index in [-0.39, 0.29) is 32.8 Å². The average Bonchev–Trinajstić information content (AvgIpc) is 3.10. The van der Waals surface area contributed by atoms with Crippen molar-refractivity contribution in [1.82, 2.24) is 0 Å². The number of phosphoric acid groups is 1. The van der Waals surface area contributed by atoms with Crippen molar-refractivity contribution in [3.63, 3.8) is 0 Å². The van der Waals surface area contributed by atoms with E-state index in [1.165, 1.54) is 116 Å². The molecule has 0 heterocycles. The Kier molecular flexibility index (Phi) is 37.2. The quantitative estimate of drug-likeness (QED) is 0.0212. The van der Waals surface area contributed by atoms with Gasteiger partial charge in [-0.15, -0.1) is 0 Å². The molecule has 0 aliphatic rings. The molecule has 0 amide bonds. The van der Waals surface area contributed by atoms with Crippen molar-refractivity contribution in [2.75, 3.05) is 26.4 Å². The second-order valence-corrected chi connectivity index (χ2v) is 14.7. The summed E-state index contributed by atoms with van der Waals surface area (Å²) in [5.41, 5.74) is 5.35. The summed E-state index contributed by atoms with van der Waals surface area (Å²) in [6, 6.07) is 0. The van der Waals surface area contributed by atoms with Crippen molar-refractivity contribution in [3.8, 4) is 0 Å². The molecular weight excluding hydrogens is 649 g/mol. The molecule has 0 spiro atoms. The minimum Gasteiger partial charge on any atom is -0.498 e. The van der Waals surface area contributed by atoms with Crippen LogP contribution in [0.5, 0.6) is 0 Å². The van der Waals surface area contributed by atoms with Crippen molar-refractivity contribution in [1.29, 1.82) is 0 Å². The third-order valence-electron chi connectivity index (χ3n) is 8.31. The first-order chi connectivity index (χ1) is 24.4. The van der Waals surface area contributed by atoms with Gasteiger partial charge >= 0.3 is 13.8 Å². The maximum Gasteiger partial charge on any atom is 0.472 e. The van der Waals surface area contributed by atoms with Gasteiger partial charge in [0, 0.05) is 13.0 Å². The van der Waals surface area contributed by atoms with Crippen LogP contribution in [0.25, 0.3) is 0 Å². The molecule has 0 saturated carbocycles. The Morgan fingerprint density at radius 1 is 0.620 bits per heavy atom. The van der Waals surface area contributed by atoms with Crippen LogP contribution in [-0.4, -0.2) is 43.3 Å². The number of phosphoric ester groups is 1. The first-order valence-corrected chi connectivity index (χ1v) is 21.7. The van der Waals surface area contributed by atoms with Crippen LogP contribution in [0, 0.1) is 0 Å². The fourth-order valence-corrected chi connectivity index (χ4v) is 6.10. The maximum atomic E-state index is 12.5. The number of esters is 1. The molecule has 0 fully saturated rings. The molecule has 0 aliphatic heterocycles. The van der Waals surface area contributed by atoms with Crippen molar-refractivity contribution >= 4 is 13.8 Å². The van der Waals surface area contributed by atoms with E-state index in [2.05, 4.69) is 50.3 Å². The van der Waals surface area contributed by atoms with Gasteiger partial charge in [0.25, 0.3) is 0 Å². The first kappa shape index (κ1) is 48.3. The van der Waals surface area contributed by atoms with Gasteiger partial charge in [0.05, 0.1) is 19.5 Å². The second-order valence-electron chi connectivity index (χ2n) is 13.2. The van der Waals surface area contributed by atoms with Gasteiger partial charge in [0.15, 0.2) is 6.10 Å². The molecule has 0 rings (SSSR count). The van der Waals surface area contributed by atoms with Crippen LogP contribution >= 0.6 is 7.82 Å². The Bertz CT molecular complexity index is 905. The number of unbranched alkanes of at least 4 members (excludes halogenated alkanes) is 19. The van der Waals surface area contributed by atoms with Crippen LogP contribution in [0.4, 0.5) is 0 Å². The third-order valence-corrected chi connectivity index (χ3v) is 9.30. The SMILES string of the molecule is CCCCCCCC/C=C/C/C=C/C/C=C/CCCC(=O)O[C@H](CO/C=C/CCCCCCCCCCCCCC)COP(=O)(O)OCCN. The highest BCUT2D eigenvalue weighted by Gasteiger charge is 2.25. The highest BCUT2D eigenvalue weighted by molar-refractivity contribution is 7.47. The van der Waals surface area contributed by atoms with Gasteiger partial charge in [0.1, 0.15) is 6.61 Å². The van der Waals surface area contributed by atoms with E-state index in [1.807, 2.05) is 6.08 Å². The summed E-state index contributed by atoms with van der Waals surface area (Å²) >= 11 is 0. The molecule has 50 heavy (non-hydrogen) atoms. The molecule has 1 unspecified atom stereocenters. The summed E-state index contributed by atoms with van der Waals surface area (Å²) in [4.78, 5) is 22.4. The van der Waals surface area contributed by atoms with E-state index >= 15 is 0 Å². The van der Waals surface area contributed by atoms with Gasteiger partial charge in [-0.3, -0.25) is 13.8 Å². The molecule has 0 aromatic heterocycles. The van der Waals surface area contributed by atoms with Crippen molar-refractivity contribution in [2.24, 2.45) is 5.73 Å². The smallest absolute Gasteiger partial charge is 0.472 e. The van der Waals surface area contributed by atoms with Gasteiger partial charge in [-0.25, -0.2) is 4.57 Å². The Morgan fingerprint density at radius 3 is 1.60 bits per heavy atom. The fraction of sp³-hybridized carbons (Fsp3) is 0.780. The van der Waals surface area contributed by atoms with E-state index < -0.39 is 19.9 Å². The summed E-state index contributed by atoms with van der Waals surface area (Å²) in [5.74, 6) is -0.403. The lowest BCUT2D eigenvalue weighted by Crippen LogP contribution is -2.27. The zero-order valence-corrected chi connectivity index (χ0v) is 33.0. The van der Waals surface area contributed by atoms with Gasteiger partial charge < -0.3 is 20.1 Å². The average molecular weight is 726 g/mol. The molecule has 0 radical (unpaired) electrons. The first-order valence-electron chi connectivity index (χ1n) is 20.2. The summed E-state index contributed by atoms with van der Waals surface area (Å²) in [7, 11) is -4.30. The fourth-order valence-electron chi connectivity index (χ4n) is 5.33. The second kappa shape index (κ2) is 38.5. The number of ether oxygens (including phenoxy) is 2. The molecule has 9 heteroatoms. The molecule has 8 nitrogen and oxygen atoms in total. The van der Waals surface area contributed by atoms with Crippen molar-refractivity contribution < 1.29 is 32.8 Å². The lowest BCUT2D eigenvalue weighted by molar-refractivity contribution is -0.153.